The van der Waals surface area contributed by atoms with Gasteiger partial charge in [-0.3, -0.25) is 0 Å². The fraction of sp³-hybridized carbons (Fsp3) is 0.769. The molecule has 1 atom stereocenters. The zero-order chi connectivity index (χ0) is 13.3. The molecule has 0 fully saturated rings. The normalized spacial score (nSPS) is 12.9. The summed E-state index contributed by atoms with van der Waals surface area (Å²) >= 11 is 0. The largest absolute Gasteiger partial charge is 0.411 e. The topological polar surface area (TPSA) is 43.4 Å². The van der Waals surface area contributed by atoms with Crippen LogP contribution >= 0.6 is 0 Å². The molecule has 0 rings (SSSR count). The minimum Gasteiger partial charge on any atom is -0.411 e. The summed E-state index contributed by atoms with van der Waals surface area (Å²) in [6.45, 7) is 7.93. The van der Waals surface area contributed by atoms with Crippen molar-refractivity contribution < 1.29 is 14.0 Å². The van der Waals surface area contributed by atoms with E-state index in [0.29, 0.717) is 6.42 Å². The second-order valence-corrected chi connectivity index (χ2v) is 9.81. The lowest BCUT2D eigenvalue weighted by Gasteiger charge is -2.23. The van der Waals surface area contributed by atoms with Gasteiger partial charge in [0.25, 0.3) is 0 Å². The zero-order valence-electron chi connectivity index (χ0n) is 11.4. The summed E-state index contributed by atoms with van der Waals surface area (Å²) in [5.41, 5.74) is 0. The number of Topliss-reactive ketones (excluding diaryl/α,β-unsaturated/α-hetero) is 1. The van der Waals surface area contributed by atoms with Crippen LogP contribution in [0.4, 0.5) is 0 Å². The molecule has 0 aliphatic rings. The Morgan fingerprint density at radius 2 is 1.94 bits per heavy atom. The summed E-state index contributed by atoms with van der Waals surface area (Å²) in [5.74, 6) is 2.06. The van der Waals surface area contributed by atoms with Gasteiger partial charge in [-0.05, 0) is 39.4 Å². The minimum absolute atomic E-state index is 0.100. The van der Waals surface area contributed by atoms with Crippen molar-refractivity contribution in [2.45, 2.75) is 64.8 Å². The second-order valence-electron chi connectivity index (χ2n) is 5.35. The van der Waals surface area contributed by atoms with Crippen LogP contribution in [-0.2, 0) is 14.0 Å². The molecule has 4 heteroatoms. The van der Waals surface area contributed by atoms with Crippen LogP contribution in [0.1, 0.15) is 39.0 Å². The molecular formula is C13H24O3Si. The monoisotopic (exact) mass is 256 g/mol. The Labute approximate surface area is 105 Å². The lowest BCUT2D eigenvalue weighted by molar-refractivity contribution is -0.117. The SMILES string of the molecule is CC(=O)CCCCCC(C=C=O)O[Si](C)(C)C. The smallest absolute Gasteiger partial charge is 0.184 e. The van der Waals surface area contributed by atoms with Gasteiger partial charge < -0.3 is 9.22 Å². The van der Waals surface area contributed by atoms with Crippen molar-refractivity contribution >= 4 is 20.0 Å². The quantitative estimate of drug-likeness (QED) is 0.361. The Balaban J connectivity index is 3.86. The molecule has 98 valence electrons. The Kier molecular flexibility index (Phi) is 8.05. The number of carbonyl (C=O) groups excluding carboxylic acids is 2. The first-order valence-electron chi connectivity index (χ1n) is 6.23. The minimum atomic E-state index is -1.61. The van der Waals surface area contributed by atoms with E-state index in [0.717, 1.165) is 25.7 Å². The molecule has 0 saturated carbocycles. The molecule has 0 radical (unpaired) electrons. The molecule has 0 spiro atoms. The average Bonchev–Trinajstić information content (AvgIpc) is 2.14. The third-order valence-electron chi connectivity index (χ3n) is 2.28. The van der Waals surface area contributed by atoms with E-state index >= 15 is 0 Å². The van der Waals surface area contributed by atoms with Crippen LogP contribution in [0.2, 0.25) is 19.6 Å². The predicted octanol–water partition coefficient (Wildman–Crippen LogP) is 3.13. The molecule has 0 aromatic heterocycles. The highest BCUT2D eigenvalue weighted by molar-refractivity contribution is 6.69. The first-order chi connectivity index (χ1) is 7.85. The lowest BCUT2D eigenvalue weighted by atomic mass is 10.1. The Morgan fingerprint density at radius 3 is 2.41 bits per heavy atom. The molecule has 0 aromatic rings. The van der Waals surface area contributed by atoms with Gasteiger partial charge in [0.2, 0.25) is 0 Å². The van der Waals surface area contributed by atoms with Crippen LogP contribution < -0.4 is 0 Å². The van der Waals surface area contributed by atoms with Gasteiger partial charge in [0, 0.05) is 12.5 Å². The van der Waals surface area contributed by atoms with Crippen molar-refractivity contribution in [1.82, 2.24) is 0 Å². The van der Waals surface area contributed by atoms with E-state index in [1.54, 1.807) is 6.92 Å². The Morgan fingerprint density at radius 1 is 1.29 bits per heavy atom. The fourth-order valence-corrected chi connectivity index (χ4v) is 2.70. The summed E-state index contributed by atoms with van der Waals surface area (Å²) < 4.78 is 5.86. The third kappa shape index (κ3) is 11.6. The van der Waals surface area contributed by atoms with Crippen LogP contribution in [0.5, 0.6) is 0 Å². The summed E-state index contributed by atoms with van der Waals surface area (Å²) in [6.07, 6.45) is 5.80. The number of hydrogen-bond donors (Lipinski definition) is 0. The number of ketones is 1. The van der Waals surface area contributed by atoms with Crippen molar-refractivity contribution in [1.29, 1.82) is 0 Å². The molecule has 0 aromatic carbocycles. The van der Waals surface area contributed by atoms with E-state index in [9.17, 15) is 9.59 Å². The zero-order valence-corrected chi connectivity index (χ0v) is 12.4. The highest BCUT2D eigenvalue weighted by atomic mass is 28.4. The van der Waals surface area contributed by atoms with Crippen LogP contribution in [0.25, 0.3) is 0 Å². The van der Waals surface area contributed by atoms with E-state index in [2.05, 4.69) is 19.6 Å². The molecule has 0 amide bonds. The summed E-state index contributed by atoms with van der Waals surface area (Å²) in [4.78, 5) is 21.1. The van der Waals surface area contributed by atoms with E-state index in [1.165, 1.54) is 6.08 Å². The van der Waals surface area contributed by atoms with Crippen molar-refractivity contribution in [3.63, 3.8) is 0 Å². The summed E-state index contributed by atoms with van der Waals surface area (Å²) in [7, 11) is -1.61. The Bertz CT molecular complexity index is 275. The molecular weight excluding hydrogens is 232 g/mol. The van der Waals surface area contributed by atoms with E-state index in [-0.39, 0.29) is 11.9 Å². The molecule has 1 unspecified atom stereocenters. The van der Waals surface area contributed by atoms with E-state index < -0.39 is 8.32 Å². The summed E-state index contributed by atoms with van der Waals surface area (Å²) in [6, 6.07) is 0. The lowest BCUT2D eigenvalue weighted by Crippen LogP contribution is -2.31. The van der Waals surface area contributed by atoms with Gasteiger partial charge in [-0.15, -0.1) is 0 Å². The van der Waals surface area contributed by atoms with Gasteiger partial charge in [0.05, 0.1) is 6.10 Å². The maximum Gasteiger partial charge on any atom is 0.184 e. The molecule has 0 aliphatic heterocycles. The average molecular weight is 256 g/mol. The molecule has 0 bridgehead atoms. The maximum absolute atomic E-state index is 10.8. The van der Waals surface area contributed by atoms with Gasteiger partial charge in [0.1, 0.15) is 11.7 Å². The molecule has 0 N–H and O–H groups in total. The molecule has 17 heavy (non-hydrogen) atoms. The van der Waals surface area contributed by atoms with Gasteiger partial charge in [-0.25, -0.2) is 4.79 Å². The first kappa shape index (κ1) is 16.3. The molecule has 0 aliphatic carbocycles. The van der Waals surface area contributed by atoms with E-state index in [1.807, 2.05) is 5.94 Å². The second kappa shape index (κ2) is 8.40. The standard InChI is InChI=1S/C13H24O3Si/c1-12(15)8-6-5-7-9-13(10-11-14)16-17(2,3)4/h10,13H,5-9H2,1-4H3. The summed E-state index contributed by atoms with van der Waals surface area (Å²) in [5, 5.41) is 0. The van der Waals surface area contributed by atoms with Gasteiger partial charge in [-0.2, -0.15) is 0 Å². The van der Waals surface area contributed by atoms with Crippen molar-refractivity contribution in [2.75, 3.05) is 0 Å². The third-order valence-corrected chi connectivity index (χ3v) is 3.29. The van der Waals surface area contributed by atoms with Crippen LogP contribution in [-0.4, -0.2) is 26.1 Å². The molecule has 3 nitrogen and oxygen atoms in total. The Hall–Kier alpha value is -0.703. The number of unbranched alkanes of at least 4 members (excludes halogenated alkanes) is 2. The van der Waals surface area contributed by atoms with Crippen LogP contribution in [0.3, 0.4) is 0 Å². The van der Waals surface area contributed by atoms with Crippen molar-refractivity contribution in [2.24, 2.45) is 0 Å². The number of carbonyl (C=O) groups is 1. The van der Waals surface area contributed by atoms with Gasteiger partial charge in [0.15, 0.2) is 8.32 Å². The molecule has 0 heterocycles. The van der Waals surface area contributed by atoms with Crippen LogP contribution in [0, 0.1) is 0 Å². The van der Waals surface area contributed by atoms with Crippen molar-refractivity contribution in [3.8, 4) is 0 Å². The van der Waals surface area contributed by atoms with Crippen LogP contribution in [0.15, 0.2) is 6.08 Å². The number of hydrogen-bond acceptors (Lipinski definition) is 3. The van der Waals surface area contributed by atoms with E-state index in [4.69, 9.17) is 4.43 Å². The highest BCUT2D eigenvalue weighted by Crippen LogP contribution is 2.14. The molecule has 0 saturated heterocycles. The first-order valence-corrected chi connectivity index (χ1v) is 9.64. The maximum atomic E-state index is 10.8. The van der Waals surface area contributed by atoms with Gasteiger partial charge >= 0.3 is 0 Å². The van der Waals surface area contributed by atoms with Crippen molar-refractivity contribution in [3.05, 3.63) is 6.08 Å². The highest BCUT2D eigenvalue weighted by Gasteiger charge is 2.19. The predicted molar refractivity (Wildman–Crippen MR) is 72.2 cm³/mol. The fourth-order valence-electron chi connectivity index (χ4n) is 1.60. The van der Waals surface area contributed by atoms with Gasteiger partial charge in [-0.1, -0.05) is 12.8 Å². The number of rotatable bonds is 9.